The topological polar surface area (TPSA) is 120 Å². The summed E-state index contributed by atoms with van der Waals surface area (Å²) in [6.45, 7) is 19.8. The third-order valence-electron chi connectivity index (χ3n) is 12.8. The first kappa shape index (κ1) is 38.8. The molecule has 8 bridgehead atoms. The van der Waals surface area contributed by atoms with Crippen molar-refractivity contribution in [2.24, 2.45) is 0 Å². The highest BCUT2D eigenvalue weighted by Gasteiger charge is 2.26. The Morgan fingerprint density at radius 3 is 1.55 bits per heavy atom. The van der Waals surface area contributed by atoms with Crippen molar-refractivity contribution in [2.45, 2.75) is 88.0 Å². The normalized spacial score (nSPS) is 13.0. The Morgan fingerprint density at radius 2 is 1.03 bits per heavy atom. The monoisotopic (exact) mass is 790 g/mol. The molecular formula is C52H50N6O2. The molecule has 0 unspecified atom stereocenters. The number of aromatic amines is 2. The van der Waals surface area contributed by atoms with Crippen LogP contribution in [0.3, 0.4) is 0 Å². The van der Waals surface area contributed by atoms with E-state index in [1.54, 1.807) is 12.1 Å². The summed E-state index contributed by atoms with van der Waals surface area (Å²) in [4.78, 5) is 41.0. The van der Waals surface area contributed by atoms with Gasteiger partial charge in [0, 0.05) is 32.9 Å². The maximum Gasteiger partial charge on any atom is 0.354 e. The first-order valence-electron chi connectivity index (χ1n) is 21.2. The number of carboxylic acids is 1. The number of aryl methyl sites for hydroxylation is 5. The van der Waals surface area contributed by atoms with Crippen molar-refractivity contribution >= 4 is 72.1 Å². The summed E-state index contributed by atoms with van der Waals surface area (Å²) in [7, 11) is 0. The molecule has 7 heterocycles. The van der Waals surface area contributed by atoms with Crippen molar-refractivity contribution in [2.75, 3.05) is 0 Å². The quantitative estimate of drug-likeness (QED) is 0.138. The molecule has 0 spiro atoms. The Hall–Kier alpha value is -6.67. The van der Waals surface area contributed by atoms with E-state index in [4.69, 9.17) is 15.0 Å². The zero-order valence-corrected chi connectivity index (χ0v) is 35.9. The fourth-order valence-corrected chi connectivity index (χ4v) is 9.59. The summed E-state index contributed by atoms with van der Waals surface area (Å²) in [6.07, 6.45) is 3.30. The molecule has 8 heteroatoms. The molecule has 300 valence electrons. The minimum atomic E-state index is -1.07. The first-order valence-corrected chi connectivity index (χ1v) is 21.2. The number of allylic oxidation sites excluding steroid dienone is 4. The van der Waals surface area contributed by atoms with Gasteiger partial charge >= 0.3 is 5.97 Å². The highest BCUT2D eigenvalue weighted by atomic mass is 16.4. The molecule has 0 radical (unpaired) electrons. The van der Waals surface area contributed by atoms with Gasteiger partial charge in [0.2, 0.25) is 0 Å². The SMILES string of the molecule is CCC1=C(C)c2nc1cc1[nH]c(c(C)c1CC)c(-c1ccc3ccc4ccc(C(=O)O)nc4c3n1)c1nc(cc3[nH]c(c(C)c3CC)c2-c2ccc(C)cc2)C(CC)=C1C. The van der Waals surface area contributed by atoms with Crippen molar-refractivity contribution in [3.8, 4) is 22.4 Å². The Kier molecular flexibility index (Phi) is 9.61. The second kappa shape index (κ2) is 14.9. The Morgan fingerprint density at radius 1 is 0.550 bits per heavy atom. The molecule has 9 rings (SSSR count). The van der Waals surface area contributed by atoms with Gasteiger partial charge in [-0.15, -0.1) is 0 Å². The van der Waals surface area contributed by atoms with E-state index < -0.39 is 5.97 Å². The van der Waals surface area contributed by atoms with E-state index in [9.17, 15) is 9.90 Å². The van der Waals surface area contributed by atoms with Crippen LogP contribution in [0.25, 0.3) is 88.5 Å². The standard InChI is InChI=1S/C52H50N6O2/c1-10-34-27(6)46-44(31-16-14-26(5)15-17-31)47-28(7)35(11-2)41(56-47)25-43-37(13-4)30(9)49(58-43)45(48-29(8)36(12-3)42(57-48)24-40(34)55-46)38-22-20-32-18-19-33-21-23-39(52(59)60)54-51(33)50(32)53-38/h14-25,55,58H,10-13H2,1-9H3,(H,59,60). The van der Waals surface area contributed by atoms with Crippen LogP contribution in [0.15, 0.2) is 72.8 Å². The molecule has 60 heavy (non-hydrogen) atoms. The summed E-state index contributed by atoms with van der Waals surface area (Å²) in [5, 5.41) is 11.6. The number of aromatic nitrogens is 6. The number of aromatic carboxylic acids is 1. The van der Waals surface area contributed by atoms with Gasteiger partial charge in [-0.2, -0.15) is 0 Å². The lowest BCUT2D eigenvalue weighted by molar-refractivity contribution is 0.0691. The molecule has 7 aromatic rings. The van der Waals surface area contributed by atoms with Crippen molar-refractivity contribution in [1.82, 2.24) is 29.9 Å². The van der Waals surface area contributed by atoms with Gasteiger partial charge in [-0.05, 0) is 135 Å². The largest absolute Gasteiger partial charge is 0.477 e. The van der Waals surface area contributed by atoms with Gasteiger partial charge in [0.1, 0.15) is 5.69 Å². The van der Waals surface area contributed by atoms with E-state index in [1.165, 1.54) is 39.0 Å². The third-order valence-corrected chi connectivity index (χ3v) is 12.8. The average molecular weight is 791 g/mol. The molecule has 2 aromatic carbocycles. The first-order chi connectivity index (χ1) is 29.0. The Bertz CT molecular complexity index is 3210. The van der Waals surface area contributed by atoms with Gasteiger partial charge in [-0.1, -0.05) is 81.8 Å². The molecule has 2 aliphatic rings. The van der Waals surface area contributed by atoms with Crippen LogP contribution in [-0.4, -0.2) is 41.0 Å². The number of fused-ring (bicyclic) bond motifs is 11. The second-order valence-corrected chi connectivity index (χ2v) is 16.2. The van der Waals surface area contributed by atoms with Crippen LogP contribution in [0.5, 0.6) is 0 Å². The smallest absolute Gasteiger partial charge is 0.354 e. The fraction of sp³-hybridized carbons (Fsp3) is 0.250. The van der Waals surface area contributed by atoms with E-state index in [1.807, 2.05) is 12.1 Å². The van der Waals surface area contributed by atoms with Crippen LogP contribution < -0.4 is 0 Å². The number of hydrogen-bond acceptors (Lipinski definition) is 5. The van der Waals surface area contributed by atoms with Gasteiger partial charge in [0.25, 0.3) is 0 Å². The molecule has 0 saturated carbocycles. The predicted octanol–water partition coefficient (Wildman–Crippen LogP) is 13.2. The number of carbonyl (C=O) groups is 1. The second-order valence-electron chi connectivity index (χ2n) is 16.2. The molecule has 0 amide bonds. The van der Waals surface area contributed by atoms with E-state index in [0.717, 1.165) is 115 Å². The Balaban J connectivity index is 1.49. The predicted molar refractivity (Wildman–Crippen MR) is 248 cm³/mol. The molecule has 5 aromatic heterocycles. The Labute approximate surface area is 350 Å². The molecule has 0 saturated heterocycles. The lowest BCUT2D eigenvalue weighted by atomic mass is 9.95. The van der Waals surface area contributed by atoms with Crippen LogP contribution >= 0.6 is 0 Å². The fourth-order valence-electron chi connectivity index (χ4n) is 9.59. The zero-order valence-electron chi connectivity index (χ0n) is 35.9. The van der Waals surface area contributed by atoms with Crippen molar-refractivity contribution in [3.05, 3.63) is 129 Å². The molecule has 8 nitrogen and oxygen atoms in total. The molecule has 0 fully saturated rings. The van der Waals surface area contributed by atoms with E-state index >= 15 is 0 Å². The molecule has 0 atom stereocenters. The lowest BCUT2D eigenvalue weighted by Crippen LogP contribution is -2.00. The number of pyridine rings is 2. The molecule has 0 aliphatic carbocycles. The maximum absolute atomic E-state index is 12.1. The average Bonchev–Trinajstić information content (AvgIpc) is 3.93. The molecule has 3 N–H and O–H groups in total. The van der Waals surface area contributed by atoms with Gasteiger partial charge in [-0.3, -0.25) is 0 Å². The summed E-state index contributed by atoms with van der Waals surface area (Å²) in [5.41, 5.74) is 23.6. The molecular weight excluding hydrogens is 741 g/mol. The van der Waals surface area contributed by atoms with Crippen molar-refractivity contribution in [3.63, 3.8) is 0 Å². The summed E-state index contributed by atoms with van der Waals surface area (Å²) >= 11 is 0. The van der Waals surface area contributed by atoms with Gasteiger partial charge in [0.05, 0.1) is 50.5 Å². The highest BCUT2D eigenvalue weighted by Crippen LogP contribution is 2.44. The van der Waals surface area contributed by atoms with Crippen LogP contribution in [-0.2, 0) is 12.8 Å². The number of nitrogens with zero attached hydrogens (tertiary/aromatic N) is 4. The zero-order chi connectivity index (χ0) is 42.1. The van der Waals surface area contributed by atoms with E-state index in [2.05, 4.69) is 126 Å². The minimum Gasteiger partial charge on any atom is -0.477 e. The van der Waals surface area contributed by atoms with Crippen LogP contribution in [0.4, 0.5) is 0 Å². The van der Waals surface area contributed by atoms with Crippen molar-refractivity contribution in [1.29, 1.82) is 0 Å². The maximum atomic E-state index is 12.1. The van der Waals surface area contributed by atoms with Gasteiger partial charge in [0.15, 0.2) is 0 Å². The molecule has 2 aliphatic heterocycles. The third kappa shape index (κ3) is 6.07. The van der Waals surface area contributed by atoms with E-state index in [0.29, 0.717) is 11.0 Å². The van der Waals surface area contributed by atoms with Crippen LogP contribution in [0.1, 0.15) is 115 Å². The number of H-pyrrole nitrogens is 2. The summed E-state index contributed by atoms with van der Waals surface area (Å²) in [6, 6.07) is 24.8. The summed E-state index contributed by atoms with van der Waals surface area (Å²) < 4.78 is 0. The number of carboxylic acid groups (broad SMARTS) is 1. The number of nitrogens with one attached hydrogen (secondary N) is 2. The number of rotatable bonds is 7. The minimum absolute atomic E-state index is 0.0161. The van der Waals surface area contributed by atoms with E-state index in [-0.39, 0.29) is 5.69 Å². The highest BCUT2D eigenvalue weighted by molar-refractivity contribution is 6.07. The number of hydrogen-bond donors (Lipinski definition) is 3. The summed E-state index contributed by atoms with van der Waals surface area (Å²) in [5.74, 6) is -1.07. The van der Waals surface area contributed by atoms with Gasteiger partial charge in [-0.25, -0.2) is 24.7 Å². The lowest BCUT2D eigenvalue weighted by Gasteiger charge is -2.10. The van der Waals surface area contributed by atoms with Crippen LogP contribution in [0, 0.1) is 20.8 Å². The van der Waals surface area contributed by atoms with Crippen molar-refractivity contribution < 1.29 is 9.90 Å². The van der Waals surface area contributed by atoms with Crippen LogP contribution in [0.2, 0.25) is 0 Å². The van der Waals surface area contributed by atoms with Gasteiger partial charge < -0.3 is 15.1 Å². The number of benzene rings is 2.